The molecule has 0 aromatic carbocycles. The molecule has 0 saturated carbocycles. The molecule has 1 saturated heterocycles. The van der Waals surface area contributed by atoms with Crippen LogP contribution in [0.3, 0.4) is 0 Å². The molecule has 2 atom stereocenters. The van der Waals surface area contributed by atoms with Crippen LogP contribution in [0.5, 0.6) is 0 Å². The standard InChI is InChI=1S/C11H18N2O3/c1-7(2)8(14)6-10-12-11(13-16-10)9-4-3-5-15-9/h7-9,14H,3-6H2,1-2H3/t8-,9+/m0/s1. The highest BCUT2D eigenvalue weighted by Gasteiger charge is 2.24. The zero-order valence-corrected chi connectivity index (χ0v) is 9.72. The molecular formula is C11H18N2O3. The predicted molar refractivity (Wildman–Crippen MR) is 56.8 cm³/mol. The molecule has 2 rings (SSSR count). The van der Waals surface area contributed by atoms with Crippen molar-refractivity contribution in [3.05, 3.63) is 11.7 Å². The van der Waals surface area contributed by atoms with Crippen molar-refractivity contribution in [1.29, 1.82) is 0 Å². The largest absolute Gasteiger partial charge is 0.392 e. The molecule has 5 heteroatoms. The van der Waals surface area contributed by atoms with Gasteiger partial charge in [0.25, 0.3) is 0 Å². The second-order valence-corrected chi connectivity index (χ2v) is 4.56. The maximum absolute atomic E-state index is 9.70. The van der Waals surface area contributed by atoms with Crippen LogP contribution in [0.25, 0.3) is 0 Å². The van der Waals surface area contributed by atoms with Crippen molar-refractivity contribution in [2.24, 2.45) is 5.92 Å². The van der Waals surface area contributed by atoms with Gasteiger partial charge in [0.15, 0.2) is 0 Å². The molecule has 90 valence electrons. The highest BCUT2D eigenvalue weighted by molar-refractivity contribution is 4.94. The van der Waals surface area contributed by atoms with Gasteiger partial charge >= 0.3 is 0 Å². The first-order chi connectivity index (χ1) is 7.66. The van der Waals surface area contributed by atoms with Crippen molar-refractivity contribution >= 4 is 0 Å². The van der Waals surface area contributed by atoms with Crippen molar-refractivity contribution < 1.29 is 14.4 Å². The highest BCUT2D eigenvalue weighted by Crippen LogP contribution is 2.26. The molecule has 5 nitrogen and oxygen atoms in total. The van der Waals surface area contributed by atoms with Crippen molar-refractivity contribution in [3.63, 3.8) is 0 Å². The van der Waals surface area contributed by atoms with E-state index in [1.165, 1.54) is 0 Å². The van der Waals surface area contributed by atoms with Gasteiger partial charge in [-0.3, -0.25) is 0 Å². The van der Waals surface area contributed by atoms with Crippen LogP contribution in [0.1, 0.15) is 44.5 Å². The minimum absolute atomic E-state index is 0.0197. The summed E-state index contributed by atoms with van der Waals surface area (Å²) in [6.07, 6.45) is 1.96. The number of ether oxygens (including phenoxy) is 1. The number of aliphatic hydroxyl groups is 1. The Morgan fingerprint density at radius 3 is 2.94 bits per heavy atom. The van der Waals surface area contributed by atoms with E-state index in [1.807, 2.05) is 13.8 Å². The predicted octanol–water partition coefficient (Wildman–Crippen LogP) is 1.48. The Labute approximate surface area is 94.8 Å². The van der Waals surface area contributed by atoms with Gasteiger partial charge in [-0.05, 0) is 18.8 Å². The first kappa shape index (κ1) is 11.5. The number of rotatable bonds is 4. The van der Waals surface area contributed by atoms with E-state index in [9.17, 15) is 5.11 Å². The Kier molecular flexibility index (Phi) is 3.56. The second-order valence-electron chi connectivity index (χ2n) is 4.56. The van der Waals surface area contributed by atoms with E-state index >= 15 is 0 Å². The van der Waals surface area contributed by atoms with Gasteiger partial charge in [-0.1, -0.05) is 19.0 Å². The molecule has 16 heavy (non-hydrogen) atoms. The second kappa shape index (κ2) is 4.93. The van der Waals surface area contributed by atoms with E-state index in [1.54, 1.807) is 0 Å². The summed E-state index contributed by atoms with van der Waals surface area (Å²) in [5.74, 6) is 1.30. The third-order valence-electron chi connectivity index (χ3n) is 2.85. The van der Waals surface area contributed by atoms with E-state index < -0.39 is 6.10 Å². The van der Waals surface area contributed by atoms with Gasteiger partial charge < -0.3 is 14.4 Å². The van der Waals surface area contributed by atoms with Gasteiger partial charge in [-0.2, -0.15) is 4.98 Å². The third kappa shape index (κ3) is 2.59. The molecule has 0 bridgehead atoms. The number of hydrogen-bond acceptors (Lipinski definition) is 5. The first-order valence-corrected chi connectivity index (χ1v) is 5.79. The van der Waals surface area contributed by atoms with Crippen LogP contribution in [0.15, 0.2) is 4.52 Å². The summed E-state index contributed by atoms with van der Waals surface area (Å²) in [6.45, 7) is 4.69. The van der Waals surface area contributed by atoms with Gasteiger partial charge in [-0.15, -0.1) is 0 Å². The Bertz CT molecular complexity index is 332. The maximum Gasteiger partial charge on any atom is 0.229 e. The van der Waals surface area contributed by atoms with E-state index in [4.69, 9.17) is 9.26 Å². The Hall–Kier alpha value is -0.940. The lowest BCUT2D eigenvalue weighted by atomic mass is 10.0. The number of hydrogen-bond donors (Lipinski definition) is 1. The van der Waals surface area contributed by atoms with E-state index in [0.29, 0.717) is 18.1 Å². The molecule has 0 unspecified atom stereocenters. The van der Waals surface area contributed by atoms with Crippen LogP contribution in [0.4, 0.5) is 0 Å². The van der Waals surface area contributed by atoms with Crippen LogP contribution in [0.2, 0.25) is 0 Å². The fraction of sp³-hybridized carbons (Fsp3) is 0.818. The minimum atomic E-state index is -0.433. The summed E-state index contributed by atoms with van der Waals surface area (Å²) in [6, 6.07) is 0. The number of aliphatic hydroxyl groups excluding tert-OH is 1. The van der Waals surface area contributed by atoms with E-state index in [2.05, 4.69) is 10.1 Å². The summed E-state index contributed by atoms with van der Waals surface area (Å²) in [4.78, 5) is 4.25. The summed E-state index contributed by atoms with van der Waals surface area (Å²) in [5.41, 5.74) is 0. The van der Waals surface area contributed by atoms with Gasteiger partial charge in [-0.25, -0.2) is 0 Å². The normalized spacial score (nSPS) is 22.9. The molecule has 1 N–H and O–H groups in total. The molecule has 0 radical (unpaired) electrons. The average molecular weight is 226 g/mol. The zero-order chi connectivity index (χ0) is 11.5. The molecule has 0 aliphatic carbocycles. The topological polar surface area (TPSA) is 68.4 Å². The van der Waals surface area contributed by atoms with Crippen molar-refractivity contribution in [1.82, 2.24) is 10.1 Å². The molecule has 0 spiro atoms. The van der Waals surface area contributed by atoms with Crippen LogP contribution < -0.4 is 0 Å². The summed E-state index contributed by atoms with van der Waals surface area (Å²) in [7, 11) is 0. The van der Waals surface area contributed by atoms with Gasteiger partial charge in [0.2, 0.25) is 11.7 Å². The third-order valence-corrected chi connectivity index (χ3v) is 2.85. The molecular weight excluding hydrogens is 208 g/mol. The lowest BCUT2D eigenvalue weighted by molar-refractivity contribution is 0.102. The Morgan fingerprint density at radius 1 is 1.50 bits per heavy atom. The monoisotopic (exact) mass is 226 g/mol. The maximum atomic E-state index is 9.70. The van der Waals surface area contributed by atoms with Crippen molar-refractivity contribution in [3.8, 4) is 0 Å². The fourth-order valence-electron chi connectivity index (χ4n) is 1.68. The molecule has 1 aliphatic rings. The molecule has 1 aromatic heterocycles. The van der Waals surface area contributed by atoms with Gasteiger partial charge in [0.1, 0.15) is 6.10 Å². The van der Waals surface area contributed by atoms with Gasteiger partial charge in [0, 0.05) is 6.61 Å². The molecule has 0 amide bonds. The summed E-state index contributed by atoms with van der Waals surface area (Å²) >= 11 is 0. The molecule has 1 aliphatic heterocycles. The smallest absolute Gasteiger partial charge is 0.229 e. The van der Waals surface area contributed by atoms with Crippen LogP contribution >= 0.6 is 0 Å². The highest BCUT2D eigenvalue weighted by atomic mass is 16.5. The van der Waals surface area contributed by atoms with Crippen LogP contribution in [0, 0.1) is 5.92 Å². The SMILES string of the molecule is CC(C)[C@@H](O)Cc1nc([C@H]2CCCO2)no1. The van der Waals surface area contributed by atoms with Gasteiger partial charge in [0.05, 0.1) is 12.5 Å². The van der Waals surface area contributed by atoms with Crippen molar-refractivity contribution in [2.75, 3.05) is 6.61 Å². The van der Waals surface area contributed by atoms with Crippen molar-refractivity contribution in [2.45, 2.75) is 45.3 Å². The molecule has 2 heterocycles. The zero-order valence-electron chi connectivity index (χ0n) is 9.72. The van der Waals surface area contributed by atoms with E-state index in [0.717, 1.165) is 19.4 Å². The number of nitrogens with zero attached hydrogens (tertiary/aromatic N) is 2. The summed E-state index contributed by atoms with van der Waals surface area (Å²) < 4.78 is 10.6. The average Bonchev–Trinajstić information content (AvgIpc) is 2.85. The van der Waals surface area contributed by atoms with E-state index in [-0.39, 0.29) is 12.0 Å². The summed E-state index contributed by atoms with van der Waals surface area (Å²) in [5, 5.41) is 13.6. The van der Waals surface area contributed by atoms with Crippen LogP contribution in [-0.2, 0) is 11.2 Å². The van der Waals surface area contributed by atoms with Crippen LogP contribution in [-0.4, -0.2) is 28.0 Å². The molecule has 1 fully saturated rings. The molecule has 1 aromatic rings. The number of aromatic nitrogens is 2. The Balaban J connectivity index is 1.96. The lowest BCUT2D eigenvalue weighted by Crippen LogP contribution is -2.17. The lowest BCUT2D eigenvalue weighted by Gasteiger charge is -2.10. The Morgan fingerprint density at radius 2 is 2.31 bits per heavy atom. The fourth-order valence-corrected chi connectivity index (χ4v) is 1.68. The minimum Gasteiger partial charge on any atom is -0.392 e. The quantitative estimate of drug-likeness (QED) is 0.842. The first-order valence-electron chi connectivity index (χ1n) is 5.79.